The van der Waals surface area contributed by atoms with Gasteiger partial charge in [-0.2, -0.15) is 5.10 Å². The van der Waals surface area contributed by atoms with Crippen LogP contribution in [0.4, 0.5) is 5.69 Å². The fourth-order valence-corrected chi connectivity index (χ4v) is 4.60. The van der Waals surface area contributed by atoms with Crippen LogP contribution >= 0.6 is 35.4 Å². The van der Waals surface area contributed by atoms with E-state index in [9.17, 15) is 4.79 Å². The van der Waals surface area contributed by atoms with Crippen molar-refractivity contribution in [2.45, 2.75) is 33.4 Å². The van der Waals surface area contributed by atoms with E-state index in [1.165, 1.54) is 0 Å². The Morgan fingerprint density at radius 1 is 1.03 bits per heavy atom. The third-order valence-corrected chi connectivity index (χ3v) is 6.35. The van der Waals surface area contributed by atoms with Gasteiger partial charge in [0.15, 0.2) is 5.82 Å². The molecular formula is C26H24Cl2N4OS. The number of hydrogen-bond donors (Lipinski definition) is 0. The predicted octanol–water partition coefficient (Wildman–Crippen LogP) is 7.13. The van der Waals surface area contributed by atoms with E-state index < -0.39 is 0 Å². The lowest BCUT2D eigenvalue weighted by Crippen LogP contribution is -2.39. The van der Waals surface area contributed by atoms with Crippen LogP contribution in [-0.2, 0) is 11.3 Å². The number of benzene rings is 3. The Balaban J connectivity index is 1.82. The Morgan fingerprint density at radius 3 is 2.32 bits per heavy atom. The zero-order valence-corrected chi connectivity index (χ0v) is 21.4. The summed E-state index contributed by atoms with van der Waals surface area (Å²) < 4.78 is 3.78. The van der Waals surface area contributed by atoms with Gasteiger partial charge in [-0.1, -0.05) is 59.1 Å². The molecule has 0 aliphatic carbocycles. The van der Waals surface area contributed by atoms with Crippen molar-refractivity contribution in [3.63, 3.8) is 0 Å². The largest absolute Gasteiger partial charge is 0.308 e. The molecule has 4 rings (SSSR count). The molecule has 0 saturated heterocycles. The summed E-state index contributed by atoms with van der Waals surface area (Å²) in [6.45, 7) is 5.97. The molecule has 1 aromatic heterocycles. The van der Waals surface area contributed by atoms with E-state index in [0.717, 1.165) is 16.9 Å². The first kappa shape index (κ1) is 24.2. The van der Waals surface area contributed by atoms with Gasteiger partial charge < -0.3 is 4.90 Å². The molecule has 174 valence electrons. The molecule has 0 spiro atoms. The number of halogens is 2. The molecule has 0 aliphatic rings. The van der Waals surface area contributed by atoms with E-state index in [1.807, 2.05) is 86.0 Å². The maximum atomic E-state index is 13.4. The van der Waals surface area contributed by atoms with Crippen LogP contribution in [0.2, 0.25) is 10.0 Å². The Labute approximate surface area is 214 Å². The molecule has 1 heterocycles. The van der Waals surface area contributed by atoms with Crippen molar-refractivity contribution >= 4 is 47.0 Å². The molecule has 8 heteroatoms. The molecule has 0 radical (unpaired) electrons. The molecule has 5 nitrogen and oxygen atoms in total. The molecule has 3 aromatic carbocycles. The van der Waals surface area contributed by atoms with Gasteiger partial charge in [-0.3, -0.25) is 9.36 Å². The van der Waals surface area contributed by atoms with Gasteiger partial charge >= 0.3 is 0 Å². The van der Waals surface area contributed by atoms with E-state index in [2.05, 4.69) is 0 Å². The Bertz CT molecular complexity index is 1380. The minimum Gasteiger partial charge on any atom is -0.308 e. The van der Waals surface area contributed by atoms with Crippen molar-refractivity contribution < 1.29 is 4.79 Å². The SMILES string of the molecule is Cc1ccc(-n2c(-c3ccc(Cl)cc3Cl)nn(CC(=O)N(c3ccccc3)C(C)C)c2=S)cc1. The second kappa shape index (κ2) is 10.1. The average molecular weight is 511 g/mol. The van der Waals surface area contributed by atoms with Crippen molar-refractivity contribution in [1.29, 1.82) is 0 Å². The molecule has 1 amide bonds. The van der Waals surface area contributed by atoms with Crippen molar-refractivity contribution in [1.82, 2.24) is 14.3 Å². The molecule has 34 heavy (non-hydrogen) atoms. The normalized spacial score (nSPS) is 11.1. The molecule has 0 saturated carbocycles. The highest BCUT2D eigenvalue weighted by molar-refractivity contribution is 7.71. The van der Waals surface area contributed by atoms with Crippen LogP contribution in [-0.4, -0.2) is 26.3 Å². The molecule has 0 bridgehead atoms. The number of nitrogens with zero attached hydrogens (tertiary/aromatic N) is 4. The highest BCUT2D eigenvalue weighted by Gasteiger charge is 2.23. The lowest BCUT2D eigenvalue weighted by molar-refractivity contribution is -0.119. The summed E-state index contributed by atoms with van der Waals surface area (Å²) in [5.41, 5.74) is 3.46. The van der Waals surface area contributed by atoms with Crippen molar-refractivity contribution in [3.05, 3.63) is 93.2 Å². The van der Waals surface area contributed by atoms with Crippen LogP contribution in [0.1, 0.15) is 19.4 Å². The molecule has 0 aliphatic heterocycles. The van der Waals surface area contributed by atoms with Crippen LogP contribution in [0.5, 0.6) is 0 Å². The lowest BCUT2D eigenvalue weighted by Gasteiger charge is -2.26. The van der Waals surface area contributed by atoms with Crippen LogP contribution in [0.15, 0.2) is 72.8 Å². The number of amides is 1. The zero-order chi connectivity index (χ0) is 24.4. The first-order valence-corrected chi connectivity index (χ1v) is 12.0. The maximum absolute atomic E-state index is 13.4. The highest BCUT2D eigenvalue weighted by Crippen LogP contribution is 2.31. The van der Waals surface area contributed by atoms with Gasteiger partial charge in [0.2, 0.25) is 10.7 Å². The van der Waals surface area contributed by atoms with E-state index in [1.54, 1.807) is 21.7 Å². The van der Waals surface area contributed by atoms with Crippen molar-refractivity contribution in [2.24, 2.45) is 0 Å². The lowest BCUT2D eigenvalue weighted by atomic mass is 10.2. The van der Waals surface area contributed by atoms with Gasteiger partial charge in [0, 0.05) is 28.0 Å². The molecular weight excluding hydrogens is 487 g/mol. The van der Waals surface area contributed by atoms with Crippen molar-refractivity contribution in [2.75, 3.05) is 4.90 Å². The fraction of sp³-hybridized carbons (Fsp3) is 0.192. The molecule has 4 aromatic rings. The number of hydrogen-bond acceptors (Lipinski definition) is 3. The Hall–Kier alpha value is -2.93. The number of para-hydroxylation sites is 1. The van der Waals surface area contributed by atoms with E-state index in [0.29, 0.717) is 26.2 Å². The number of carbonyl (C=O) groups is 1. The molecule has 0 atom stereocenters. The maximum Gasteiger partial charge on any atom is 0.249 e. The van der Waals surface area contributed by atoms with E-state index in [4.69, 9.17) is 40.5 Å². The highest BCUT2D eigenvalue weighted by atomic mass is 35.5. The molecule has 0 fully saturated rings. The Morgan fingerprint density at radius 2 is 1.71 bits per heavy atom. The minimum absolute atomic E-state index is 0.0109. The standard InChI is InChI=1S/C26H24Cl2N4OS/c1-17(2)31(20-7-5-4-6-8-20)24(33)16-30-26(34)32(21-12-9-18(3)10-13-21)25(29-30)22-14-11-19(27)15-23(22)28/h4-15,17H,16H2,1-3H3. The van der Waals surface area contributed by atoms with Gasteiger partial charge in [-0.05, 0) is 75.5 Å². The van der Waals surface area contributed by atoms with Gasteiger partial charge in [0.1, 0.15) is 6.54 Å². The van der Waals surface area contributed by atoms with Gasteiger partial charge in [0.05, 0.1) is 5.02 Å². The van der Waals surface area contributed by atoms with Gasteiger partial charge in [-0.25, -0.2) is 4.68 Å². The smallest absolute Gasteiger partial charge is 0.249 e. The van der Waals surface area contributed by atoms with E-state index >= 15 is 0 Å². The second-order valence-electron chi connectivity index (χ2n) is 8.25. The fourth-order valence-electron chi connectivity index (χ4n) is 3.81. The van der Waals surface area contributed by atoms with Gasteiger partial charge in [0.25, 0.3) is 0 Å². The number of carbonyl (C=O) groups excluding carboxylic acids is 1. The summed E-state index contributed by atoms with van der Waals surface area (Å²) in [7, 11) is 0. The second-order valence-corrected chi connectivity index (χ2v) is 9.46. The van der Waals surface area contributed by atoms with Crippen LogP contribution < -0.4 is 4.90 Å². The topological polar surface area (TPSA) is 43.1 Å². The molecule has 0 unspecified atom stereocenters. The summed E-state index contributed by atoms with van der Waals surface area (Å²) in [6, 6.07) is 22.7. The van der Waals surface area contributed by atoms with Crippen LogP contribution in [0.3, 0.4) is 0 Å². The van der Waals surface area contributed by atoms with Crippen LogP contribution in [0.25, 0.3) is 17.1 Å². The quantitative estimate of drug-likeness (QED) is 0.259. The zero-order valence-electron chi connectivity index (χ0n) is 19.1. The molecule has 0 N–H and O–H groups in total. The van der Waals surface area contributed by atoms with Crippen LogP contribution in [0, 0.1) is 11.7 Å². The third-order valence-electron chi connectivity index (χ3n) is 5.41. The summed E-state index contributed by atoms with van der Waals surface area (Å²) in [4.78, 5) is 15.2. The monoisotopic (exact) mass is 510 g/mol. The third kappa shape index (κ3) is 4.94. The first-order chi connectivity index (χ1) is 16.3. The number of rotatable bonds is 6. The average Bonchev–Trinajstić information content (AvgIpc) is 3.10. The summed E-state index contributed by atoms with van der Waals surface area (Å²) in [6.07, 6.45) is 0. The number of aryl methyl sites for hydroxylation is 1. The summed E-state index contributed by atoms with van der Waals surface area (Å²) in [5.74, 6) is 0.429. The predicted molar refractivity (Wildman–Crippen MR) is 142 cm³/mol. The summed E-state index contributed by atoms with van der Waals surface area (Å²) in [5, 5.41) is 5.72. The minimum atomic E-state index is -0.111. The number of aromatic nitrogens is 3. The summed E-state index contributed by atoms with van der Waals surface area (Å²) >= 11 is 18.5. The first-order valence-electron chi connectivity index (χ1n) is 10.9. The Kier molecular flexibility index (Phi) is 7.22. The number of anilines is 1. The van der Waals surface area contributed by atoms with Crippen molar-refractivity contribution in [3.8, 4) is 17.1 Å². The van der Waals surface area contributed by atoms with Gasteiger partial charge in [-0.15, -0.1) is 0 Å². The van der Waals surface area contributed by atoms with E-state index in [-0.39, 0.29) is 18.5 Å².